The Labute approximate surface area is 198 Å². The zero-order valence-corrected chi connectivity index (χ0v) is 19.7. The van der Waals surface area contributed by atoms with E-state index in [1.165, 1.54) is 18.2 Å². The summed E-state index contributed by atoms with van der Waals surface area (Å²) >= 11 is 1.50. The van der Waals surface area contributed by atoms with Crippen molar-refractivity contribution in [3.63, 3.8) is 0 Å². The molecule has 1 aromatic carbocycles. The molecular weight excluding hydrogens is 436 g/mol. The summed E-state index contributed by atoms with van der Waals surface area (Å²) in [5.74, 6) is 3.28. The Morgan fingerprint density at radius 1 is 1.21 bits per heavy atom. The van der Waals surface area contributed by atoms with Crippen LogP contribution in [0, 0.1) is 23.2 Å². The highest BCUT2D eigenvalue weighted by Gasteiger charge is 2.27. The first-order chi connectivity index (χ1) is 16.0. The third-order valence-corrected chi connectivity index (χ3v) is 6.59. The predicted molar refractivity (Wildman–Crippen MR) is 128 cm³/mol. The molecule has 1 amide bonds. The first kappa shape index (κ1) is 22.9. The number of benzene rings is 1. The molecule has 4 rings (SSSR count). The number of thioether (sulfide) groups is 1. The number of para-hydroxylation sites is 1. The van der Waals surface area contributed by atoms with Crippen molar-refractivity contribution in [3.05, 3.63) is 54.0 Å². The van der Waals surface area contributed by atoms with Gasteiger partial charge < -0.3 is 14.6 Å². The van der Waals surface area contributed by atoms with Crippen LogP contribution < -0.4 is 10.2 Å². The lowest BCUT2D eigenvalue weighted by Gasteiger charge is -2.35. The molecule has 2 unspecified atom stereocenters. The average molecular weight is 465 g/mol. The molecular formula is C24H28N6O2S. The number of aromatic nitrogens is 3. The topological polar surface area (TPSA) is 100.0 Å². The van der Waals surface area contributed by atoms with Crippen LogP contribution in [0.4, 0.5) is 11.6 Å². The number of piperidine rings is 1. The number of rotatable bonds is 8. The Morgan fingerprint density at radius 3 is 2.73 bits per heavy atom. The normalized spacial score (nSPS) is 18.2. The highest BCUT2D eigenvalue weighted by atomic mass is 32.2. The Balaban J connectivity index is 1.44. The monoisotopic (exact) mass is 464 g/mol. The molecule has 33 heavy (non-hydrogen) atoms. The fourth-order valence-corrected chi connectivity index (χ4v) is 5.15. The maximum Gasteiger partial charge on any atom is 0.228 e. The van der Waals surface area contributed by atoms with Crippen molar-refractivity contribution < 1.29 is 9.21 Å². The molecule has 0 spiro atoms. The summed E-state index contributed by atoms with van der Waals surface area (Å²) in [5.41, 5.74) is 0.984. The van der Waals surface area contributed by atoms with Gasteiger partial charge in [0.15, 0.2) is 5.16 Å². The van der Waals surface area contributed by atoms with Gasteiger partial charge in [-0.05, 0) is 42.5 Å². The van der Waals surface area contributed by atoms with E-state index in [1.54, 1.807) is 30.5 Å². The Morgan fingerprint density at radius 2 is 2.00 bits per heavy atom. The number of hydrogen-bond donors (Lipinski definition) is 1. The van der Waals surface area contributed by atoms with Crippen LogP contribution in [0.1, 0.15) is 38.0 Å². The van der Waals surface area contributed by atoms with E-state index < -0.39 is 0 Å². The molecule has 1 fully saturated rings. The van der Waals surface area contributed by atoms with Crippen molar-refractivity contribution in [3.8, 4) is 6.07 Å². The third kappa shape index (κ3) is 5.76. The Kier molecular flexibility index (Phi) is 7.35. The fourth-order valence-electron chi connectivity index (χ4n) is 4.28. The van der Waals surface area contributed by atoms with Gasteiger partial charge in [0.1, 0.15) is 11.8 Å². The van der Waals surface area contributed by atoms with Crippen LogP contribution in [0.15, 0.2) is 52.2 Å². The molecule has 9 heteroatoms. The molecule has 1 saturated heterocycles. The zero-order chi connectivity index (χ0) is 23.2. The predicted octanol–water partition coefficient (Wildman–Crippen LogP) is 4.39. The Bertz CT molecular complexity index is 1110. The van der Waals surface area contributed by atoms with Gasteiger partial charge in [-0.3, -0.25) is 9.36 Å². The molecule has 1 aliphatic rings. The van der Waals surface area contributed by atoms with Gasteiger partial charge in [0.25, 0.3) is 0 Å². The van der Waals surface area contributed by atoms with Crippen LogP contribution in [-0.2, 0) is 11.3 Å². The van der Waals surface area contributed by atoms with Crippen molar-refractivity contribution in [2.45, 2.75) is 38.4 Å². The minimum absolute atomic E-state index is 0.138. The maximum atomic E-state index is 12.4. The molecule has 0 saturated carbocycles. The van der Waals surface area contributed by atoms with Gasteiger partial charge in [0.05, 0.1) is 24.1 Å². The summed E-state index contributed by atoms with van der Waals surface area (Å²) in [7, 11) is 0. The van der Waals surface area contributed by atoms with Crippen molar-refractivity contribution in [2.24, 2.45) is 11.8 Å². The summed E-state index contributed by atoms with van der Waals surface area (Å²) in [4.78, 5) is 14.7. The van der Waals surface area contributed by atoms with Crippen LogP contribution in [0.2, 0.25) is 0 Å². The summed E-state index contributed by atoms with van der Waals surface area (Å²) < 4.78 is 7.66. The fraction of sp³-hybridized carbons (Fsp3) is 0.417. The van der Waals surface area contributed by atoms with E-state index in [1.807, 2.05) is 12.1 Å². The van der Waals surface area contributed by atoms with Gasteiger partial charge in [-0.15, -0.1) is 10.2 Å². The molecule has 3 aromatic rings. The van der Waals surface area contributed by atoms with Gasteiger partial charge >= 0.3 is 0 Å². The molecule has 1 N–H and O–H groups in total. The molecule has 0 aliphatic carbocycles. The minimum atomic E-state index is -0.138. The number of carbonyl (C=O) groups excluding carboxylic acids is 1. The van der Waals surface area contributed by atoms with Crippen LogP contribution >= 0.6 is 11.8 Å². The highest BCUT2D eigenvalue weighted by Crippen LogP contribution is 2.29. The third-order valence-electron chi connectivity index (χ3n) is 5.62. The number of carbonyl (C=O) groups is 1. The highest BCUT2D eigenvalue weighted by molar-refractivity contribution is 7.99. The molecule has 1 aliphatic heterocycles. The van der Waals surface area contributed by atoms with E-state index in [2.05, 4.69) is 44.9 Å². The minimum Gasteiger partial charge on any atom is -0.467 e. The van der Waals surface area contributed by atoms with Crippen LogP contribution in [0.3, 0.4) is 0 Å². The van der Waals surface area contributed by atoms with Gasteiger partial charge in [-0.1, -0.05) is 37.7 Å². The largest absolute Gasteiger partial charge is 0.467 e. The number of furan rings is 1. The van der Waals surface area contributed by atoms with E-state index in [4.69, 9.17) is 4.42 Å². The molecule has 2 aromatic heterocycles. The number of anilines is 2. The van der Waals surface area contributed by atoms with Gasteiger partial charge in [-0.2, -0.15) is 5.26 Å². The Hall–Kier alpha value is -3.25. The van der Waals surface area contributed by atoms with E-state index in [0.29, 0.717) is 41.8 Å². The zero-order valence-electron chi connectivity index (χ0n) is 18.9. The number of hydrogen-bond acceptors (Lipinski definition) is 7. The SMILES string of the molecule is CC1CC(C)CN(c2nnc(SCCC(=O)Nc3ccccc3C#N)n2Cc2ccco2)C1. The quantitative estimate of drug-likeness (QED) is 0.493. The number of nitrogens with one attached hydrogen (secondary N) is 1. The summed E-state index contributed by atoms with van der Waals surface area (Å²) in [6, 6.07) is 12.9. The number of nitriles is 1. The van der Waals surface area contributed by atoms with Crippen molar-refractivity contribution in [1.82, 2.24) is 14.8 Å². The summed E-state index contributed by atoms with van der Waals surface area (Å²) in [6.07, 6.45) is 3.18. The first-order valence-corrected chi connectivity index (χ1v) is 12.1. The average Bonchev–Trinajstić information content (AvgIpc) is 3.44. The van der Waals surface area contributed by atoms with E-state index >= 15 is 0 Å². The van der Waals surface area contributed by atoms with E-state index in [0.717, 1.165) is 30.0 Å². The second kappa shape index (κ2) is 10.6. The standard InChI is InChI=1S/C24H28N6O2S/c1-17-12-18(2)15-29(14-17)23-27-28-24(30(23)16-20-7-5-10-32-20)33-11-9-22(31)26-21-8-4-3-6-19(21)13-25/h3-8,10,17-18H,9,11-12,14-16H2,1-2H3,(H,26,31). The summed E-state index contributed by atoms with van der Waals surface area (Å²) in [5, 5.41) is 21.8. The lowest BCUT2D eigenvalue weighted by atomic mass is 9.92. The molecule has 8 nitrogen and oxygen atoms in total. The molecule has 172 valence electrons. The lowest BCUT2D eigenvalue weighted by Crippen LogP contribution is -2.40. The van der Waals surface area contributed by atoms with E-state index in [-0.39, 0.29) is 5.91 Å². The van der Waals surface area contributed by atoms with Crippen molar-refractivity contribution in [1.29, 1.82) is 5.26 Å². The maximum absolute atomic E-state index is 12.4. The molecule has 2 atom stereocenters. The second-order valence-electron chi connectivity index (χ2n) is 8.60. The second-order valence-corrected chi connectivity index (χ2v) is 9.67. The van der Waals surface area contributed by atoms with Gasteiger partial charge in [-0.25, -0.2) is 0 Å². The number of amides is 1. The lowest BCUT2D eigenvalue weighted by molar-refractivity contribution is -0.115. The summed E-state index contributed by atoms with van der Waals surface area (Å²) in [6.45, 7) is 6.99. The molecule has 0 radical (unpaired) electrons. The first-order valence-electron chi connectivity index (χ1n) is 11.2. The van der Waals surface area contributed by atoms with Gasteiger partial charge in [0.2, 0.25) is 11.9 Å². The van der Waals surface area contributed by atoms with Crippen LogP contribution in [0.25, 0.3) is 0 Å². The molecule has 3 heterocycles. The van der Waals surface area contributed by atoms with Gasteiger partial charge in [0, 0.05) is 25.3 Å². The van der Waals surface area contributed by atoms with Crippen LogP contribution in [0.5, 0.6) is 0 Å². The number of nitrogens with zero attached hydrogens (tertiary/aromatic N) is 5. The smallest absolute Gasteiger partial charge is 0.228 e. The van der Waals surface area contributed by atoms with Crippen molar-refractivity contribution in [2.75, 3.05) is 29.1 Å². The van der Waals surface area contributed by atoms with Crippen LogP contribution in [-0.4, -0.2) is 39.5 Å². The van der Waals surface area contributed by atoms with Crippen molar-refractivity contribution >= 4 is 29.3 Å². The van der Waals surface area contributed by atoms with E-state index in [9.17, 15) is 10.1 Å². The molecule has 0 bridgehead atoms.